The molecule has 25 heavy (non-hydrogen) atoms. The Bertz CT molecular complexity index is 761. The highest BCUT2D eigenvalue weighted by atomic mass is 16.2. The Labute approximate surface area is 148 Å². The molecule has 0 radical (unpaired) electrons. The topological polar surface area (TPSA) is 62.3 Å². The highest BCUT2D eigenvalue weighted by molar-refractivity contribution is 5.80. The molecule has 1 aliphatic rings. The Kier molecular flexibility index (Phi) is 5.12. The predicted molar refractivity (Wildman–Crippen MR) is 95.7 cm³/mol. The van der Waals surface area contributed by atoms with Crippen molar-refractivity contribution >= 4 is 11.8 Å². The van der Waals surface area contributed by atoms with E-state index in [0.29, 0.717) is 6.54 Å². The third kappa shape index (κ3) is 3.87. The summed E-state index contributed by atoms with van der Waals surface area (Å²) in [4.78, 5) is 30.7. The second kappa shape index (κ2) is 7.47. The van der Waals surface area contributed by atoms with Crippen LogP contribution in [0, 0.1) is 0 Å². The van der Waals surface area contributed by atoms with E-state index in [-0.39, 0.29) is 30.3 Å². The van der Waals surface area contributed by atoms with Crippen molar-refractivity contribution in [2.24, 2.45) is 0 Å². The van der Waals surface area contributed by atoms with E-state index < -0.39 is 0 Å². The molecule has 0 spiro atoms. The van der Waals surface area contributed by atoms with E-state index in [1.165, 1.54) is 5.56 Å². The Morgan fingerprint density at radius 1 is 1.24 bits per heavy atom. The second-order valence-electron chi connectivity index (χ2n) is 6.42. The summed E-state index contributed by atoms with van der Waals surface area (Å²) in [6.45, 7) is 4.13. The van der Waals surface area contributed by atoms with Gasteiger partial charge in [0.1, 0.15) is 0 Å². The molecule has 2 amide bonds. The van der Waals surface area contributed by atoms with E-state index in [1.54, 1.807) is 18.0 Å². The molecule has 1 aliphatic heterocycles. The number of rotatable bonds is 4. The molecule has 0 aliphatic carbocycles. The van der Waals surface area contributed by atoms with Crippen LogP contribution in [0.5, 0.6) is 0 Å². The first-order valence-corrected chi connectivity index (χ1v) is 8.61. The van der Waals surface area contributed by atoms with Crippen LogP contribution in [0.1, 0.15) is 49.2 Å². The maximum atomic E-state index is 12.6. The van der Waals surface area contributed by atoms with E-state index in [4.69, 9.17) is 0 Å². The Morgan fingerprint density at radius 2 is 2.00 bits per heavy atom. The summed E-state index contributed by atoms with van der Waals surface area (Å²) < 4.78 is 0. The van der Waals surface area contributed by atoms with Crippen LogP contribution in [0.15, 0.2) is 48.7 Å². The van der Waals surface area contributed by atoms with Gasteiger partial charge in [0.2, 0.25) is 11.8 Å². The lowest BCUT2D eigenvalue weighted by molar-refractivity contribution is -0.133. The summed E-state index contributed by atoms with van der Waals surface area (Å²) in [7, 11) is 0. The van der Waals surface area contributed by atoms with E-state index >= 15 is 0 Å². The minimum atomic E-state index is -0.210. The zero-order valence-electron chi connectivity index (χ0n) is 14.6. The van der Waals surface area contributed by atoms with Crippen LogP contribution in [0.2, 0.25) is 0 Å². The Balaban J connectivity index is 1.75. The third-order valence-corrected chi connectivity index (χ3v) is 4.70. The molecule has 0 saturated carbocycles. The minimum absolute atomic E-state index is 0.00470. The molecule has 1 N–H and O–H groups in total. The number of hydrogen-bond acceptors (Lipinski definition) is 3. The van der Waals surface area contributed by atoms with Gasteiger partial charge in [-0.3, -0.25) is 14.6 Å². The molecule has 0 bridgehead atoms. The summed E-state index contributed by atoms with van der Waals surface area (Å²) in [5.41, 5.74) is 3.11. The van der Waals surface area contributed by atoms with Gasteiger partial charge in [0, 0.05) is 19.7 Å². The molecular formula is C20H23N3O2. The Hall–Kier alpha value is -2.69. The molecule has 3 rings (SSSR count). The molecule has 0 saturated heterocycles. The number of carbonyl (C=O) groups is 2. The predicted octanol–water partition coefficient (Wildman–Crippen LogP) is 2.79. The SMILES string of the molecule is CC(=O)N1CCc2ccccc2[C@H]1CC(=O)N[C@@H](C)c1ccccn1. The zero-order valence-corrected chi connectivity index (χ0v) is 14.6. The summed E-state index contributed by atoms with van der Waals surface area (Å²) in [5.74, 6) is -0.0730. The number of pyridine rings is 1. The average Bonchev–Trinajstić information content (AvgIpc) is 2.62. The van der Waals surface area contributed by atoms with Gasteiger partial charge in [-0.15, -0.1) is 0 Å². The number of benzene rings is 1. The van der Waals surface area contributed by atoms with Crippen LogP contribution >= 0.6 is 0 Å². The van der Waals surface area contributed by atoms with Crippen molar-refractivity contribution in [2.45, 2.75) is 38.8 Å². The van der Waals surface area contributed by atoms with Gasteiger partial charge in [0.05, 0.1) is 24.2 Å². The number of nitrogens with one attached hydrogen (secondary N) is 1. The summed E-state index contributed by atoms with van der Waals surface area (Å²) in [6.07, 6.45) is 2.80. The minimum Gasteiger partial charge on any atom is -0.348 e. The summed E-state index contributed by atoms with van der Waals surface area (Å²) in [5, 5.41) is 2.99. The number of aromatic nitrogens is 1. The first-order chi connectivity index (χ1) is 12.1. The monoisotopic (exact) mass is 337 g/mol. The van der Waals surface area contributed by atoms with Crippen molar-refractivity contribution in [1.29, 1.82) is 0 Å². The van der Waals surface area contributed by atoms with Crippen molar-refractivity contribution in [3.8, 4) is 0 Å². The first kappa shape index (κ1) is 17.1. The van der Waals surface area contributed by atoms with Crippen LogP contribution in [0.4, 0.5) is 0 Å². The lowest BCUT2D eigenvalue weighted by Gasteiger charge is -2.36. The van der Waals surface area contributed by atoms with E-state index in [1.807, 2.05) is 43.3 Å². The van der Waals surface area contributed by atoms with Crippen LogP contribution in [0.25, 0.3) is 0 Å². The van der Waals surface area contributed by atoms with Crippen LogP contribution in [0.3, 0.4) is 0 Å². The lowest BCUT2D eigenvalue weighted by Crippen LogP contribution is -2.41. The molecule has 1 aromatic carbocycles. The third-order valence-electron chi connectivity index (χ3n) is 4.70. The van der Waals surface area contributed by atoms with Gasteiger partial charge in [-0.25, -0.2) is 0 Å². The molecule has 2 aromatic rings. The van der Waals surface area contributed by atoms with Gasteiger partial charge in [-0.05, 0) is 36.6 Å². The molecule has 5 nitrogen and oxygen atoms in total. The second-order valence-corrected chi connectivity index (χ2v) is 6.42. The molecule has 130 valence electrons. The smallest absolute Gasteiger partial charge is 0.222 e. The van der Waals surface area contributed by atoms with Gasteiger partial charge in [-0.1, -0.05) is 30.3 Å². The van der Waals surface area contributed by atoms with Crippen LogP contribution in [-0.4, -0.2) is 28.2 Å². The molecule has 0 fully saturated rings. The number of fused-ring (bicyclic) bond motifs is 1. The molecular weight excluding hydrogens is 314 g/mol. The van der Waals surface area contributed by atoms with Crippen molar-refractivity contribution in [3.63, 3.8) is 0 Å². The quantitative estimate of drug-likeness (QED) is 0.933. The summed E-state index contributed by atoms with van der Waals surface area (Å²) >= 11 is 0. The number of nitrogens with zero attached hydrogens (tertiary/aromatic N) is 2. The van der Waals surface area contributed by atoms with Gasteiger partial charge < -0.3 is 10.2 Å². The maximum absolute atomic E-state index is 12.6. The molecule has 2 atom stereocenters. The van der Waals surface area contributed by atoms with Crippen LogP contribution < -0.4 is 5.32 Å². The standard InChI is InChI=1S/C20H23N3O2/c1-14(18-9-5-6-11-21-18)22-20(25)13-19-17-8-4-3-7-16(17)10-12-23(19)15(2)24/h3-9,11,14,19H,10,12-13H2,1-2H3,(H,22,25)/t14-,19+/m0/s1. The van der Waals surface area contributed by atoms with E-state index in [2.05, 4.69) is 16.4 Å². The maximum Gasteiger partial charge on any atom is 0.222 e. The highest BCUT2D eigenvalue weighted by Crippen LogP contribution is 2.32. The normalized spacial score (nSPS) is 17.5. The van der Waals surface area contributed by atoms with Crippen molar-refractivity contribution in [3.05, 3.63) is 65.5 Å². The van der Waals surface area contributed by atoms with Gasteiger partial charge in [0.25, 0.3) is 0 Å². The Morgan fingerprint density at radius 3 is 2.72 bits per heavy atom. The fourth-order valence-corrected chi connectivity index (χ4v) is 3.43. The lowest BCUT2D eigenvalue weighted by atomic mass is 9.90. The largest absolute Gasteiger partial charge is 0.348 e. The molecule has 1 aromatic heterocycles. The zero-order chi connectivity index (χ0) is 17.8. The average molecular weight is 337 g/mol. The van der Waals surface area contributed by atoms with Crippen molar-refractivity contribution in [1.82, 2.24) is 15.2 Å². The molecule has 0 unspecified atom stereocenters. The van der Waals surface area contributed by atoms with Gasteiger partial charge in [-0.2, -0.15) is 0 Å². The molecule has 5 heteroatoms. The fraction of sp³-hybridized carbons (Fsp3) is 0.350. The fourth-order valence-electron chi connectivity index (χ4n) is 3.43. The number of carbonyl (C=O) groups excluding carboxylic acids is 2. The van der Waals surface area contributed by atoms with Gasteiger partial charge in [0.15, 0.2) is 0 Å². The van der Waals surface area contributed by atoms with E-state index in [9.17, 15) is 9.59 Å². The number of amides is 2. The molecule has 2 heterocycles. The van der Waals surface area contributed by atoms with Crippen molar-refractivity contribution < 1.29 is 9.59 Å². The number of hydrogen-bond donors (Lipinski definition) is 1. The van der Waals surface area contributed by atoms with Crippen molar-refractivity contribution in [2.75, 3.05) is 6.54 Å². The summed E-state index contributed by atoms with van der Waals surface area (Å²) in [6, 6.07) is 13.3. The highest BCUT2D eigenvalue weighted by Gasteiger charge is 2.30. The first-order valence-electron chi connectivity index (χ1n) is 8.61. The van der Waals surface area contributed by atoms with Gasteiger partial charge >= 0.3 is 0 Å². The van der Waals surface area contributed by atoms with Crippen LogP contribution in [-0.2, 0) is 16.0 Å². The van der Waals surface area contributed by atoms with E-state index in [0.717, 1.165) is 17.7 Å².